The van der Waals surface area contributed by atoms with Crippen molar-refractivity contribution >= 4 is 0 Å². The largest absolute Gasteiger partial charge is 0.396 e. The Bertz CT molecular complexity index is 66.9. The normalized spacial score (nSPS) is 8.80. The minimum absolute atomic E-state index is 0. The van der Waals surface area contributed by atoms with Crippen molar-refractivity contribution in [3.63, 3.8) is 0 Å². The Hall–Kier alpha value is 1.19. The number of rotatable bonds is 8. The van der Waals surface area contributed by atoms with Gasteiger partial charge in [-0.3, -0.25) is 0 Å². The Balaban J connectivity index is -0.000000187. The molecule has 0 saturated carbocycles. The summed E-state index contributed by atoms with van der Waals surface area (Å²) in [4.78, 5) is 0. The molecule has 15 heavy (non-hydrogen) atoms. The van der Waals surface area contributed by atoms with Crippen molar-refractivity contribution in [3.8, 4) is 0 Å². The third kappa shape index (κ3) is 31.3. The summed E-state index contributed by atoms with van der Waals surface area (Å²) in [6.45, 7) is 8.50. The second-order valence-electron chi connectivity index (χ2n) is 3.70. The van der Waals surface area contributed by atoms with Gasteiger partial charge < -0.3 is 12.0 Å². The standard InChI is InChI=1S/C8H17.C5H12O.Lu/c1-3-5-7-8-6-4-2;1-2-3-4-5-6;/h1,3-8H2,2H3;6H,2-5H2,1H3;/q-1;;. The van der Waals surface area contributed by atoms with Crippen molar-refractivity contribution in [1.29, 1.82) is 0 Å². The molecule has 0 atom stereocenters. The van der Waals surface area contributed by atoms with E-state index in [1.807, 2.05) is 0 Å². The molecule has 0 aromatic carbocycles. The topological polar surface area (TPSA) is 20.2 Å². The van der Waals surface area contributed by atoms with Crippen molar-refractivity contribution < 1.29 is 42.0 Å². The zero-order valence-corrected chi connectivity index (χ0v) is 12.1. The van der Waals surface area contributed by atoms with Gasteiger partial charge in [0.25, 0.3) is 0 Å². The molecule has 0 aliphatic rings. The Kier molecular flexibility index (Phi) is 35.0. The van der Waals surface area contributed by atoms with Gasteiger partial charge in [0.2, 0.25) is 0 Å². The van der Waals surface area contributed by atoms with Crippen LogP contribution in [0.4, 0.5) is 0 Å². The summed E-state index contributed by atoms with van der Waals surface area (Å²) in [7, 11) is 0. The summed E-state index contributed by atoms with van der Waals surface area (Å²) in [5, 5.41) is 8.20. The minimum Gasteiger partial charge on any atom is -0.396 e. The van der Waals surface area contributed by atoms with Crippen LogP contribution in [0.2, 0.25) is 0 Å². The van der Waals surface area contributed by atoms with Gasteiger partial charge in [-0.05, 0) is 6.42 Å². The second-order valence-corrected chi connectivity index (χ2v) is 3.70. The molecule has 0 unspecified atom stereocenters. The molecule has 1 nitrogen and oxygen atoms in total. The van der Waals surface area contributed by atoms with E-state index in [0.717, 1.165) is 19.3 Å². The van der Waals surface area contributed by atoms with E-state index in [1.54, 1.807) is 0 Å². The van der Waals surface area contributed by atoms with Crippen LogP contribution in [0.3, 0.4) is 0 Å². The fourth-order valence-electron chi connectivity index (χ4n) is 1.14. The third-order valence-corrected chi connectivity index (χ3v) is 2.12. The maximum absolute atomic E-state index is 8.20. The molecule has 0 aromatic rings. The summed E-state index contributed by atoms with van der Waals surface area (Å²) in [6, 6.07) is 0. The molecule has 1 N–H and O–H groups in total. The molecule has 0 heterocycles. The maximum Gasteiger partial charge on any atom is 0.0431 e. The van der Waals surface area contributed by atoms with Gasteiger partial charge in [-0.1, -0.05) is 58.8 Å². The molecule has 0 amide bonds. The van der Waals surface area contributed by atoms with Gasteiger partial charge in [0, 0.05) is 43.5 Å². The summed E-state index contributed by atoms with van der Waals surface area (Å²) >= 11 is 0. The first kappa shape index (κ1) is 21.5. The van der Waals surface area contributed by atoms with Crippen LogP contribution in [0.5, 0.6) is 0 Å². The number of aliphatic hydroxyl groups excluding tert-OH is 1. The van der Waals surface area contributed by atoms with Crippen molar-refractivity contribution in [2.75, 3.05) is 6.61 Å². The quantitative estimate of drug-likeness (QED) is 0.493. The van der Waals surface area contributed by atoms with E-state index in [9.17, 15) is 0 Å². The summed E-state index contributed by atoms with van der Waals surface area (Å²) in [6.07, 6.45) is 11.3. The summed E-state index contributed by atoms with van der Waals surface area (Å²) in [5.74, 6) is 0. The fraction of sp³-hybridized carbons (Fsp3) is 0.923. The molecular formula is C13H29LuO-. The van der Waals surface area contributed by atoms with Crippen LogP contribution < -0.4 is 0 Å². The van der Waals surface area contributed by atoms with Crippen LogP contribution in [-0.2, 0) is 0 Å². The first-order valence-electron chi connectivity index (χ1n) is 6.23. The van der Waals surface area contributed by atoms with E-state index in [-0.39, 0.29) is 36.9 Å². The van der Waals surface area contributed by atoms with E-state index in [2.05, 4.69) is 20.8 Å². The predicted octanol–water partition coefficient (Wildman–Crippen LogP) is 4.35. The van der Waals surface area contributed by atoms with Crippen LogP contribution in [0.1, 0.15) is 71.6 Å². The zero-order chi connectivity index (χ0) is 11.1. The van der Waals surface area contributed by atoms with Gasteiger partial charge in [0.1, 0.15) is 0 Å². The Labute approximate surface area is 126 Å². The number of hydrogen-bond acceptors (Lipinski definition) is 1. The zero-order valence-electron chi connectivity index (χ0n) is 10.5. The SMILES string of the molecule is CCCCCO.[CH2-]CCCCCCC.[Lu]. The van der Waals surface area contributed by atoms with Gasteiger partial charge in [0.15, 0.2) is 0 Å². The van der Waals surface area contributed by atoms with E-state index in [0.29, 0.717) is 6.61 Å². The Morgan fingerprint density at radius 1 is 0.800 bits per heavy atom. The van der Waals surface area contributed by atoms with Gasteiger partial charge >= 0.3 is 0 Å². The molecule has 0 fully saturated rings. The van der Waals surface area contributed by atoms with Crippen LogP contribution in [0.15, 0.2) is 0 Å². The van der Waals surface area contributed by atoms with Crippen LogP contribution in [-0.4, -0.2) is 11.7 Å². The first-order chi connectivity index (χ1) is 6.83. The number of hydrogen-bond donors (Lipinski definition) is 1. The molecule has 2 heteroatoms. The summed E-state index contributed by atoms with van der Waals surface area (Å²) in [5.41, 5.74) is 0. The van der Waals surface area contributed by atoms with Crippen molar-refractivity contribution in [1.82, 2.24) is 0 Å². The third-order valence-electron chi connectivity index (χ3n) is 2.12. The molecule has 0 aliphatic heterocycles. The Morgan fingerprint density at radius 2 is 1.27 bits per heavy atom. The molecule has 0 saturated heterocycles. The van der Waals surface area contributed by atoms with Crippen LogP contribution in [0, 0.1) is 43.8 Å². The van der Waals surface area contributed by atoms with E-state index in [1.165, 1.54) is 38.5 Å². The van der Waals surface area contributed by atoms with Gasteiger partial charge in [0.05, 0.1) is 0 Å². The van der Waals surface area contributed by atoms with Gasteiger partial charge in [-0.25, -0.2) is 0 Å². The van der Waals surface area contributed by atoms with E-state index in [4.69, 9.17) is 5.11 Å². The monoisotopic (exact) mass is 376 g/mol. The molecule has 0 bridgehead atoms. The number of unbranched alkanes of at least 4 members (excludes halogenated alkanes) is 7. The molecule has 1 radical (unpaired) electrons. The van der Waals surface area contributed by atoms with Gasteiger partial charge in [-0.2, -0.15) is 6.42 Å². The second kappa shape index (κ2) is 24.4. The van der Waals surface area contributed by atoms with Crippen molar-refractivity contribution in [3.05, 3.63) is 6.92 Å². The average Bonchev–Trinajstić information content (AvgIpc) is 2.22. The fourth-order valence-corrected chi connectivity index (χ4v) is 1.14. The molecule has 0 rings (SSSR count). The summed E-state index contributed by atoms with van der Waals surface area (Å²) < 4.78 is 0. The maximum atomic E-state index is 8.20. The molecule has 0 spiro atoms. The van der Waals surface area contributed by atoms with Crippen molar-refractivity contribution in [2.45, 2.75) is 71.6 Å². The van der Waals surface area contributed by atoms with Crippen molar-refractivity contribution in [2.24, 2.45) is 0 Å². The smallest absolute Gasteiger partial charge is 0.0431 e. The number of aliphatic hydroxyl groups is 1. The molecular weight excluding hydrogens is 347 g/mol. The first-order valence-corrected chi connectivity index (χ1v) is 6.23. The Morgan fingerprint density at radius 3 is 1.60 bits per heavy atom. The van der Waals surface area contributed by atoms with E-state index < -0.39 is 0 Å². The predicted molar refractivity (Wildman–Crippen MR) is 65.3 cm³/mol. The minimum atomic E-state index is 0. The molecule has 0 aliphatic carbocycles. The van der Waals surface area contributed by atoms with Crippen LogP contribution >= 0.6 is 0 Å². The van der Waals surface area contributed by atoms with Gasteiger partial charge in [-0.15, -0.1) is 0 Å². The van der Waals surface area contributed by atoms with E-state index >= 15 is 0 Å². The van der Waals surface area contributed by atoms with Crippen LogP contribution in [0.25, 0.3) is 0 Å². The average molecular weight is 376 g/mol. The molecule has 0 aromatic heterocycles. The molecule has 103 valence electrons.